The van der Waals surface area contributed by atoms with Crippen molar-refractivity contribution in [3.8, 4) is 0 Å². The zero-order valence-electron chi connectivity index (χ0n) is 10.6. The highest BCUT2D eigenvalue weighted by Crippen LogP contribution is 2.19. The van der Waals surface area contributed by atoms with Gasteiger partial charge in [-0.15, -0.1) is 0 Å². The number of piperazine rings is 1. The molecule has 16 heavy (non-hydrogen) atoms. The summed E-state index contributed by atoms with van der Waals surface area (Å²) in [5.74, 6) is 0. The van der Waals surface area contributed by atoms with Gasteiger partial charge in [0.2, 0.25) is 0 Å². The van der Waals surface area contributed by atoms with Crippen LogP contribution in [0.25, 0.3) is 0 Å². The van der Waals surface area contributed by atoms with Crippen LogP contribution in [-0.4, -0.2) is 30.1 Å². The van der Waals surface area contributed by atoms with Gasteiger partial charge in [-0.05, 0) is 26.3 Å². The van der Waals surface area contributed by atoms with Crippen LogP contribution in [0.1, 0.15) is 25.0 Å². The topological polar surface area (TPSA) is 15.3 Å². The van der Waals surface area contributed by atoms with Crippen molar-refractivity contribution in [1.29, 1.82) is 0 Å². The van der Waals surface area contributed by atoms with E-state index in [4.69, 9.17) is 0 Å². The van der Waals surface area contributed by atoms with Crippen molar-refractivity contribution < 1.29 is 0 Å². The van der Waals surface area contributed by atoms with Gasteiger partial charge in [-0.3, -0.25) is 4.90 Å². The lowest BCUT2D eigenvalue weighted by atomic mass is 9.99. The minimum atomic E-state index is 0.266. The zero-order valence-corrected chi connectivity index (χ0v) is 10.6. The normalized spacial score (nSPS) is 20.9. The van der Waals surface area contributed by atoms with Crippen LogP contribution in [0.2, 0.25) is 0 Å². The molecule has 1 heterocycles. The maximum absolute atomic E-state index is 3.46. The van der Waals surface area contributed by atoms with Crippen molar-refractivity contribution in [2.75, 3.05) is 19.6 Å². The van der Waals surface area contributed by atoms with E-state index >= 15 is 0 Å². The molecule has 1 saturated heterocycles. The van der Waals surface area contributed by atoms with E-state index in [1.807, 2.05) is 0 Å². The SMILES string of the molecule is Cc1cccc(CN2CCNCC2(C)C)c1. The Morgan fingerprint density at radius 3 is 2.88 bits per heavy atom. The lowest BCUT2D eigenvalue weighted by Gasteiger charge is -2.43. The van der Waals surface area contributed by atoms with Gasteiger partial charge in [0.05, 0.1) is 0 Å². The molecule has 0 radical (unpaired) electrons. The summed E-state index contributed by atoms with van der Waals surface area (Å²) in [6.45, 7) is 11.2. The van der Waals surface area contributed by atoms with Gasteiger partial charge in [0.15, 0.2) is 0 Å². The van der Waals surface area contributed by atoms with Crippen molar-refractivity contribution in [3.05, 3.63) is 35.4 Å². The van der Waals surface area contributed by atoms with Gasteiger partial charge < -0.3 is 5.32 Å². The third kappa shape index (κ3) is 2.63. The van der Waals surface area contributed by atoms with Gasteiger partial charge in [0, 0.05) is 31.7 Å². The fourth-order valence-electron chi connectivity index (χ4n) is 2.35. The third-order valence-electron chi connectivity index (χ3n) is 3.43. The van der Waals surface area contributed by atoms with Crippen LogP contribution in [0, 0.1) is 6.92 Å². The van der Waals surface area contributed by atoms with E-state index in [1.54, 1.807) is 0 Å². The highest BCUT2D eigenvalue weighted by atomic mass is 15.2. The van der Waals surface area contributed by atoms with E-state index in [9.17, 15) is 0 Å². The smallest absolute Gasteiger partial charge is 0.0281 e. The van der Waals surface area contributed by atoms with Crippen molar-refractivity contribution in [2.45, 2.75) is 32.9 Å². The predicted octanol–water partition coefficient (Wildman–Crippen LogP) is 2.18. The molecule has 0 atom stereocenters. The van der Waals surface area contributed by atoms with E-state index in [1.165, 1.54) is 11.1 Å². The van der Waals surface area contributed by atoms with Crippen LogP contribution >= 0.6 is 0 Å². The second kappa shape index (κ2) is 4.56. The molecule has 1 fully saturated rings. The first-order chi connectivity index (χ1) is 7.58. The molecule has 0 saturated carbocycles. The van der Waals surface area contributed by atoms with E-state index in [0.717, 1.165) is 26.2 Å². The Hall–Kier alpha value is -0.860. The highest BCUT2D eigenvalue weighted by Gasteiger charge is 2.29. The lowest BCUT2D eigenvalue weighted by Crippen LogP contribution is -2.57. The molecule has 2 heteroatoms. The van der Waals surface area contributed by atoms with Crippen LogP contribution in [0.4, 0.5) is 0 Å². The second-order valence-corrected chi connectivity index (χ2v) is 5.40. The van der Waals surface area contributed by atoms with E-state index in [-0.39, 0.29) is 5.54 Å². The fourth-order valence-corrected chi connectivity index (χ4v) is 2.35. The van der Waals surface area contributed by atoms with Gasteiger partial charge in [0.1, 0.15) is 0 Å². The summed E-state index contributed by atoms with van der Waals surface area (Å²) in [5, 5.41) is 3.46. The number of hydrogen-bond donors (Lipinski definition) is 1. The van der Waals surface area contributed by atoms with E-state index in [0.29, 0.717) is 0 Å². The molecule has 2 nitrogen and oxygen atoms in total. The molecule has 88 valence electrons. The van der Waals surface area contributed by atoms with Crippen molar-refractivity contribution in [2.24, 2.45) is 0 Å². The summed E-state index contributed by atoms with van der Waals surface area (Å²) in [6, 6.07) is 8.83. The molecule has 0 spiro atoms. The van der Waals surface area contributed by atoms with Crippen LogP contribution in [0.15, 0.2) is 24.3 Å². The van der Waals surface area contributed by atoms with Gasteiger partial charge in [0.25, 0.3) is 0 Å². The van der Waals surface area contributed by atoms with E-state index < -0.39 is 0 Å². The summed E-state index contributed by atoms with van der Waals surface area (Å²) in [4.78, 5) is 2.57. The fraction of sp³-hybridized carbons (Fsp3) is 0.571. The molecule has 0 amide bonds. The number of aryl methyl sites for hydroxylation is 1. The molecule has 0 unspecified atom stereocenters. The molecular formula is C14H22N2. The van der Waals surface area contributed by atoms with Gasteiger partial charge in [-0.2, -0.15) is 0 Å². The number of nitrogens with one attached hydrogen (secondary N) is 1. The van der Waals surface area contributed by atoms with Crippen LogP contribution < -0.4 is 5.32 Å². The first-order valence-corrected chi connectivity index (χ1v) is 6.09. The average molecular weight is 218 g/mol. The number of rotatable bonds is 2. The molecular weight excluding hydrogens is 196 g/mol. The number of benzene rings is 1. The predicted molar refractivity (Wildman–Crippen MR) is 68.5 cm³/mol. The Morgan fingerprint density at radius 2 is 2.19 bits per heavy atom. The van der Waals surface area contributed by atoms with Gasteiger partial charge in [-0.1, -0.05) is 29.8 Å². The third-order valence-corrected chi connectivity index (χ3v) is 3.43. The average Bonchev–Trinajstić information content (AvgIpc) is 2.21. The van der Waals surface area contributed by atoms with Crippen molar-refractivity contribution in [1.82, 2.24) is 10.2 Å². The Kier molecular flexibility index (Phi) is 3.31. The molecule has 0 aromatic heterocycles. The Balaban J connectivity index is 2.08. The van der Waals surface area contributed by atoms with Gasteiger partial charge >= 0.3 is 0 Å². The Bertz CT molecular complexity index is 358. The largest absolute Gasteiger partial charge is 0.314 e. The summed E-state index contributed by atoms with van der Waals surface area (Å²) in [5.41, 5.74) is 3.04. The molecule has 1 aliphatic heterocycles. The summed E-state index contributed by atoms with van der Waals surface area (Å²) in [7, 11) is 0. The summed E-state index contributed by atoms with van der Waals surface area (Å²) in [6.07, 6.45) is 0. The Labute approximate surface area is 98.7 Å². The summed E-state index contributed by atoms with van der Waals surface area (Å²) >= 11 is 0. The first-order valence-electron chi connectivity index (χ1n) is 6.09. The molecule has 0 bridgehead atoms. The van der Waals surface area contributed by atoms with Crippen LogP contribution in [0.3, 0.4) is 0 Å². The van der Waals surface area contributed by atoms with Crippen molar-refractivity contribution in [3.63, 3.8) is 0 Å². The monoisotopic (exact) mass is 218 g/mol. The summed E-state index contributed by atoms with van der Waals surface area (Å²) < 4.78 is 0. The zero-order chi connectivity index (χ0) is 11.6. The quantitative estimate of drug-likeness (QED) is 0.818. The standard InChI is InChI=1S/C14H22N2/c1-12-5-4-6-13(9-12)10-16-8-7-15-11-14(16,2)3/h4-6,9,15H,7-8,10-11H2,1-3H3. The molecule has 2 rings (SSSR count). The minimum absolute atomic E-state index is 0.266. The highest BCUT2D eigenvalue weighted by molar-refractivity contribution is 5.22. The molecule has 1 N–H and O–H groups in total. The maximum Gasteiger partial charge on any atom is 0.0281 e. The molecule has 1 aromatic rings. The number of hydrogen-bond acceptors (Lipinski definition) is 2. The number of nitrogens with zero attached hydrogens (tertiary/aromatic N) is 1. The molecule has 1 aromatic carbocycles. The second-order valence-electron chi connectivity index (χ2n) is 5.40. The minimum Gasteiger partial charge on any atom is -0.314 e. The maximum atomic E-state index is 3.46. The lowest BCUT2D eigenvalue weighted by molar-refractivity contribution is 0.0827. The van der Waals surface area contributed by atoms with Gasteiger partial charge in [-0.25, -0.2) is 0 Å². The first kappa shape index (κ1) is 11.6. The Morgan fingerprint density at radius 1 is 1.38 bits per heavy atom. The molecule has 1 aliphatic rings. The molecule has 0 aliphatic carbocycles. The van der Waals surface area contributed by atoms with Crippen LogP contribution in [-0.2, 0) is 6.54 Å². The van der Waals surface area contributed by atoms with Crippen molar-refractivity contribution >= 4 is 0 Å². The van der Waals surface area contributed by atoms with E-state index in [2.05, 4.69) is 55.3 Å². The van der Waals surface area contributed by atoms with Crippen LogP contribution in [0.5, 0.6) is 0 Å².